The van der Waals surface area contributed by atoms with Crippen LogP contribution in [0, 0.1) is 5.92 Å². The zero-order valence-corrected chi connectivity index (χ0v) is 15.7. The standard InChI is InChI=1S/C19H28N2O3S/c1-19(9-12-25(23,24)15-19)20-18(22)14-21-10-7-17(8-11-21)13-16-5-3-2-4-6-16/h2-6,17H,7-15H2,1H3,(H,20,22)/t19-/m1/s1. The second kappa shape index (κ2) is 7.46. The zero-order valence-electron chi connectivity index (χ0n) is 14.9. The SMILES string of the molecule is C[C@@]1(NC(=O)CN2CCC(Cc3ccccc3)CC2)CCS(=O)(=O)C1. The van der Waals surface area contributed by atoms with Gasteiger partial charge in [0.2, 0.25) is 5.91 Å². The normalized spacial score (nSPS) is 27.2. The van der Waals surface area contributed by atoms with Gasteiger partial charge in [-0.2, -0.15) is 0 Å². The van der Waals surface area contributed by atoms with Gasteiger partial charge < -0.3 is 5.32 Å². The van der Waals surface area contributed by atoms with Crippen LogP contribution < -0.4 is 5.32 Å². The third-order valence-corrected chi connectivity index (χ3v) is 7.29. The fourth-order valence-electron chi connectivity index (χ4n) is 3.98. The molecule has 138 valence electrons. The van der Waals surface area contributed by atoms with Crippen LogP contribution in [0.15, 0.2) is 30.3 Å². The molecule has 0 saturated carbocycles. The first kappa shape index (κ1) is 18.4. The smallest absolute Gasteiger partial charge is 0.234 e. The Bertz CT molecular complexity index is 697. The molecule has 1 atom stereocenters. The number of rotatable bonds is 5. The van der Waals surface area contributed by atoms with Gasteiger partial charge >= 0.3 is 0 Å². The molecule has 0 bridgehead atoms. The number of hydrogen-bond acceptors (Lipinski definition) is 4. The summed E-state index contributed by atoms with van der Waals surface area (Å²) in [6.45, 7) is 4.06. The van der Waals surface area contributed by atoms with E-state index in [2.05, 4.69) is 34.5 Å². The molecule has 6 heteroatoms. The van der Waals surface area contributed by atoms with Crippen molar-refractivity contribution in [3.63, 3.8) is 0 Å². The second-order valence-corrected chi connectivity index (χ2v) is 10.0. The van der Waals surface area contributed by atoms with Crippen molar-refractivity contribution in [1.29, 1.82) is 0 Å². The van der Waals surface area contributed by atoms with Gasteiger partial charge in [-0.3, -0.25) is 9.69 Å². The summed E-state index contributed by atoms with van der Waals surface area (Å²) < 4.78 is 23.3. The predicted molar refractivity (Wildman–Crippen MR) is 99.1 cm³/mol. The molecule has 1 N–H and O–H groups in total. The van der Waals surface area contributed by atoms with Gasteiger partial charge in [0.25, 0.3) is 0 Å². The van der Waals surface area contributed by atoms with Gasteiger partial charge in [-0.1, -0.05) is 30.3 Å². The van der Waals surface area contributed by atoms with Crippen LogP contribution >= 0.6 is 0 Å². The average molecular weight is 365 g/mol. The number of carbonyl (C=O) groups excluding carboxylic acids is 1. The van der Waals surface area contributed by atoms with Crippen LogP contribution in [0.4, 0.5) is 0 Å². The highest BCUT2D eigenvalue weighted by Crippen LogP contribution is 2.24. The van der Waals surface area contributed by atoms with Crippen molar-refractivity contribution in [2.24, 2.45) is 5.92 Å². The van der Waals surface area contributed by atoms with E-state index in [0.717, 1.165) is 32.4 Å². The van der Waals surface area contributed by atoms with Gasteiger partial charge in [-0.15, -0.1) is 0 Å². The Morgan fingerprint density at radius 2 is 1.92 bits per heavy atom. The van der Waals surface area contributed by atoms with E-state index in [-0.39, 0.29) is 17.4 Å². The summed E-state index contributed by atoms with van der Waals surface area (Å²) >= 11 is 0. The minimum Gasteiger partial charge on any atom is -0.349 e. The molecule has 3 rings (SSSR count). The van der Waals surface area contributed by atoms with Crippen molar-refractivity contribution >= 4 is 15.7 Å². The molecule has 1 aromatic carbocycles. The van der Waals surface area contributed by atoms with Crippen molar-refractivity contribution in [3.8, 4) is 0 Å². The summed E-state index contributed by atoms with van der Waals surface area (Å²) in [5.41, 5.74) is 0.788. The predicted octanol–water partition coefficient (Wildman–Crippen LogP) is 1.63. The maximum absolute atomic E-state index is 12.3. The first-order valence-corrected chi connectivity index (χ1v) is 10.9. The monoisotopic (exact) mass is 364 g/mol. The van der Waals surface area contributed by atoms with Crippen LogP contribution in [0.25, 0.3) is 0 Å². The Labute approximate surface area is 150 Å². The number of carbonyl (C=O) groups is 1. The van der Waals surface area contributed by atoms with E-state index in [9.17, 15) is 13.2 Å². The van der Waals surface area contributed by atoms with Crippen molar-refractivity contribution < 1.29 is 13.2 Å². The Morgan fingerprint density at radius 1 is 1.24 bits per heavy atom. The van der Waals surface area contributed by atoms with E-state index in [1.807, 2.05) is 13.0 Å². The van der Waals surface area contributed by atoms with Gasteiger partial charge in [0.1, 0.15) is 0 Å². The van der Waals surface area contributed by atoms with Gasteiger partial charge in [-0.25, -0.2) is 8.42 Å². The minimum absolute atomic E-state index is 0.0545. The first-order chi connectivity index (χ1) is 11.8. The average Bonchev–Trinajstić information content (AvgIpc) is 2.83. The van der Waals surface area contributed by atoms with Crippen molar-refractivity contribution in [3.05, 3.63) is 35.9 Å². The van der Waals surface area contributed by atoms with Crippen LogP contribution in [0.5, 0.6) is 0 Å². The third-order valence-electron chi connectivity index (χ3n) is 5.39. The lowest BCUT2D eigenvalue weighted by atomic mass is 9.90. The molecule has 2 aliphatic rings. The second-order valence-electron chi connectivity index (χ2n) is 7.86. The summed E-state index contributed by atoms with van der Waals surface area (Å²) in [5, 5.41) is 2.95. The van der Waals surface area contributed by atoms with Crippen LogP contribution in [-0.4, -0.2) is 55.9 Å². The summed E-state index contributed by atoms with van der Waals surface area (Å²) in [7, 11) is -3.00. The summed E-state index contributed by atoms with van der Waals surface area (Å²) in [6.07, 6.45) is 3.83. The quantitative estimate of drug-likeness (QED) is 0.862. The Balaban J connectivity index is 1.42. The molecule has 2 aliphatic heterocycles. The van der Waals surface area contributed by atoms with E-state index in [0.29, 0.717) is 18.9 Å². The van der Waals surface area contributed by atoms with Crippen LogP contribution in [0.3, 0.4) is 0 Å². The number of hydrogen-bond donors (Lipinski definition) is 1. The van der Waals surface area contributed by atoms with E-state index < -0.39 is 15.4 Å². The van der Waals surface area contributed by atoms with Gasteiger partial charge in [0, 0.05) is 0 Å². The number of benzene rings is 1. The summed E-state index contributed by atoms with van der Waals surface area (Å²) in [5.74, 6) is 0.861. The molecule has 2 fully saturated rings. The fourth-order valence-corrected chi connectivity index (χ4v) is 6.08. The van der Waals surface area contributed by atoms with Gasteiger partial charge in [0.05, 0.1) is 23.6 Å². The first-order valence-electron chi connectivity index (χ1n) is 9.11. The highest BCUT2D eigenvalue weighted by Gasteiger charge is 2.39. The number of amides is 1. The highest BCUT2D eigenvalue weighted by atomic mass is 32.2. The molecular weight excluding hydrogens is 336 g/mol. The molecule has 0 unspecified atom stereocenters. The molecule has 2 saturated heterocycles. The van der Waals surface area contributed by atoms with E-state index in [1.54, 1.807) is 0 Å². The number of sulfone groups is 1. The topological polar surface area (TPSA) is 66.5 Å². The zero-order chi connectivity index (χ0) is 17.9. The highest BCUT2D eigenvalue weighted by molar-refractivity contribution is 7.91. The van der Waals surface area contributed by atoms with Crippen molar-refractivity contribution in [2.75, 3.05) is 31.1 Å². The number of likely N-dealkylation sites (tertiary alicyclic amines) is 1. The Morgan fingerprint density at radius 3 is 2.52 bits per heavy atom. The molecule has 0 aliphatic carbocycles. The molecular formula is C19H28N2O3S. The minimum atomic E-state index is -3.00. The van der Waals surface area contributed by atoms with Gasteiger partial charge in [0.15, 0.2) is 9.84 Å². The van der Waals surface area contributed by atoms with Crippen LogP contribution in [0.1, 0.15) is 31.7 Å². The molecule has 5 nitrogen and oxygen atoms in total. The fraction of sp³-hybridized carbons (Fsp3) is 0.632. The largest absolute Gasteiger partial charge is 0.349 e. The number of piperidine rings is 1. The maximum atomic E-state index is 12.3. The maximum Gasteiger partial charge on any atom is 0.234 e. The number of nitrogens with one attached hydrogen (secondary N) is 1. The number of nitrogens with zero attached hydrogens (tertiary/aromatic N) is 1. The molecule has 2 heterocycles. The molecule has 0 spiro atoms. The Hall–Kier alpha value is -1.40. The molecule has 0 aromatic heterocycles. The lowest BCUT2D eigenvalue weighted by molar-refractivity contribution is -0.124. The third kappa shape index (κ3) is 5.28. The van der Waals surface area contributed by atoms with Crippen LogP contribution in [-0.2, 0) is 21.1 Å². The van der Waals surface area contributed by atoms with E-state index in [4.69, 9.17) is 0 Å². The van der Waals surface area contributed by atoms with Crippen molar-refractivity contribution in [2.45, 2.75) is 38.1 Å². The lowest BCUT2D eigenvalue weighted by Gasteiger charge is -2.32. The summed E-state index contributed by atoms with van der Waals surface area (Å²) in [4.78, 5) is 14.5. The van der Waals surface area contributed by atoms with E-state index >= 15 is 0 Å². The molecule has 1 aromatic rings. The Kier molecular flexibility index (Phi) is 5.49. The molecule has 1 amide bonds. The lowest BCUT2D eigenvalue weighted by Crippen LogP contribution is -2.51. The van der Waals surface area contributed by atoms with Crippen LogP contribution in [0.2, 0.25) is 0 Å². The molecule has 0 radical (unpaired) electrons. The molecule has 25 heavy (non-hydrogen) atoms. The van der Waals surface area contributed by atoms with Gasteiger partial charge in [-0.05, 0) is 57.2 Å². The summed E-state index contributed by atoms with van der Waals surface area (Å²) in [6, 6.07) is 10.6. The van der Waals surface area contributed by atoms with Crippen molar-refractivity contribution in [1.82, 2.24) is 10.2 Å². The van der Waals surface area contributed by atoms with E-state index in [1.165, 1.54) is 5.56 Å².